The van der Waals surface area contributed by atoms with Crippen molar-refractivity contribution in [3.8, 4) is 17.2 Å². The Bertz CT molecular complexity index is 1340. The largest absolute Gasteiger partial charge is 0.502 e. The Balaban J connectivity index is 1.66. The lowest BCUT2D eigenvalue weighted by Crippen LogP contribution is -2.32. The molecule has 0 fully saturated rings. The molecule has 0 aliphatic carbocycles. The molecular weight excluding hydrogens is 432 g/mol. The Hall–Kier alpha value is -4.10. The Labute approximate surface area is 197 Å². The molecule has 3 N–H and O–H groups in total. The number of methoxy groups -OCH3 is 2. The molecule has 4 aromatic carbocycles. The molecule has 2 atom stereocenters. The molecule has 1 unspecified atom stereocenters. The number of benzene rings is 3. The van der Waals surface area contributed by atoms with Crippen molar-refractivity contribution in [1.82, 2.24) is 5.32 Å². The van der Waals surface area contributed by atoms with Gasteiger partial charge in [-0.3, -0.25) is 14.9 Å². The molecule has 4 aromatic rings. The Morgan fingerprint density at radius 3 is 1.91 bits per heavy atom. The summed E-state index contributed by atoms with van der Waals surface area (Å²) >= 11 is 0. The molecule has 0 bridgehead atoms. The van der Waals surface area contributed by atoms with Crippen molar-refractivity contribution >= 4 is 11.4 Å². The van der Waals surface area contributed by atoms with E-state index in [-0.39, 0.29) is 17.8 Å². The van der Waals surface area contributed by atoms with Gasteiger partial charge in [-0.1, -0.05) is 36.4 Å². The first kappa shape index (κ1) is 23.1. The molecule has 0 aliphatic heterocycles. The minimum atomic E-state index is -0.871. The minimum absolute atomic E-state index is 0.00667. The third kappa shape index (κ3) is 4.65. The van der Waals surface area contributed by atoms with Crippen molar-refractivity contribution in [1.29, 1.82) is 0 Å². The zero-order chi connectivity index (χ0) is 24.2. The van der Waals surface area contributed by atoms with Gasteiger partial charge in [0, 0.05) is 11.7 Å². The molecule has 34 heavy (non-hydrogen) atoms. The molecule has 0 radical (unpaired) electrons. The second kappa shape index (κ2) is 9.80. The summed E-state index contributed by atoms with van der Waals surface area (Å²) in [6, 6.07) is 23.0. The summed E-state index contributed by atoms with van der Waals surface area (Å²) in [5.74, 6) is 1.02. The van der Waals surface area contributed by atoms with E-state index >= 15 is 0 Å². The average molecular weight is 459 g/mol. The average Bonchev–Trinajstić information content (AvgIpc) is 2.89. The van der Waals surface area contributed by atoms with E-state index in [1.54, 1.807) is 20.3 Å². The van der Waals surface area contributed by atoms with Crippen LogP contribution in [0.2, 0.25) is 0 Å². The summed E-state index contributed by atoms with van der Waals surface area (Å²) in [6.07, 6.45) is 0. The zero-order valence-electron chi connectivity index (χ0n) is 19.2. The van der Waals surface area contributed by atoms with Crippen molar-refractivity contribution in [2.75, 3.05) is 19.5 Å². The molecular formula is C27H26N2O5. The number of hydrogen-bond acceptors (Lipinski definition) is 7. The fraction of sp³-hybridized carbons (Fsp3) is 0.185. The van der Waals surface area contributed by atoms with Gasteiger partial charge in [0.1, 0.15) is 17.2 Å². The maximum absolute atomic E-state index is 11.8. The smallest absolute Gasteiger partial charge is 0.271 e. The van der Waals surface area contributed by atoms with E-state index in [0.717, 1.165) is 28.2 Å². The number of nitrogens with one attached hydrogen (secondary N) is 2. The topological polar surface area (TPSA) is 96.9 Å². The molecule has 0 saturated carbocycles. The number of anilines is 2. The van der Waals surface area contributed by atoms with Gasteiger partial charge in [-0.05, 0) is 60.0 Å². The first-order valence-electron chi connectivity index (χ1n) is 10.8. The van der Waals surface area contributed by atoms with Crippen molar-refractivity contribution in [3.63, 3.8) is 0 Å². The van der Waals surface area contributed by atoms with Gasteiger partial charge in [0.2, 0.25) is 0 Å². The van der Waals surface area contributed by atoms with Crippen LogP contribution in [0.3, 0.4) is 0 Å². The Kier molecular flexibility index (Phi) is 6.65. The molecule has 0 aromatic heterocycles. The molecule has 174 valence electrons. The highest BCUT2D eigenvalue weighted by Gasteiger charge is 2.22. The van der Waals surface area contributed by atoms with Crippen LogP contribution in [-0.4, -0.2) is 19.3 Å². The first-order valence-corrected chi connectivity index (χ1v) is 10.8. The minimum Gasteiger partial charge on any atom is -0.502 e. The lowest BCUT2D eigenvalue weighted by molar-refractivity contribution is 0.414. The van der Waals surface area contributed by atoms with E-state index in [1.165, 1.54) is 0 Å². The van der Waals surface area contributed by atoms with Gasteiger partial charge < -0.3 is 19.9 Å². The highest BCUT2D eigenvalue weighted by atomic mass is 16.5. The maximum atomic E-state index is 11.8. The zero-order valence-corrected chi connectivity index (χ0v) is 19.2. The first-order chi connectivity index (χ1) is 16.4. The van der Waals surface area contributed by atoms with E-state index < -0.39 is 16.6 Å². The quantitative estimate of drug-likeness (QED) is 0.324. The molecule has 7 nitrogen and oxygen atoms in total. The van der Waals surface area contributed by atoms with E-state index in [0.29, 0.717) is 5.69 Å². The van der Waals surface area contributed by atoms with Gasteiger partial charge in [-0.2, -0.15) is 0 Å². The van der Waals surface area contributed by atoms with Crippen LogP contribution in [0.4, 0.5) is 11.4 Å². The molecule has 0 aliphatic rings. The number of hydrogen-bond donors (Lipinski definition) is 3. The van der Waals surface area contributed by atoms with Gasteiger partial charge in [0.15, 0.2) is 5.75 Å². The van der Waals surface area contributed by atoms with Gasteiger partial charge in [0.05, 0.1) is 20.3 Å². The summed E-state index contributed by atoms with van der Waals surface area (Å²) < 4.78 is 10.6. The molecule has 7 heteroatoms. The monoisotopic (exact) mass is 458 g/mol. The Morgan fingerprint density at radius 1 is 0.765 bits per heavy atom. The van der Waals surface area contributed by atoms with Crippen LogP contribution in [0.25, 0.3) is 0 Å². The summed E-state index contributed by atoms with van der Waals surface area (Å²) in [7, 11) is 3.27. The molecule has 4 rings (SSSR count). The lowest BCUT2D eigenvalue weighted by Gasteiger charge is -2.25. The van der Waals surface area contributed by atoms with Crippen LogP contribution >= 0.6 is 0 Å². The predicted octanol–water partition coefficient (Wildman–Crippen LogP) is 4.19. The number of rotatable bonds is 9. The summed E-state index contributed by atoms with van der Waals surface area (Å²) in [5.41, 5.74) is 1.98. The van der Waals surface area contributed by atoms with Crippen molar-refractivity contribution in [2.24, 2.45) is 0 Å². The summed E-state index contributed by atoms with van der Waals surface area (Å²) in [6.45, 7) is 2.09. The van der Waals surface area contributed by atoms with Crippen molar-refractivity contribution < 1.29 is 14.6 Å². The third-order valence-electron chi connectivity index (χ3n) is 5.86. The van der Waals surface area contributed by atoms with Crippen LogP contribution in [0, 0.1) is 0 Å². The summed E-state index contributed by atoms with van der Waals surface area (Å²) in [4.78, 5) is 23.1. The molecule has 0 amide bonds. The molecule has 0 heterocycles. The van der Waals surface area contributed by atoms with Crippen LogP contribution in [0.1, 0.15) is 35.7 Å². The van der Waals surface area contributed by atoms with Crippen LogP contribution in [0.15, 0.2) is 82.4 Å². The SMILES string of the molecule is COc1ccc(C(N[C@H](C)c2ccc(OC)cc2)c2cccc(Nc3c(O)c(=O)c3=O)c2)cc1. The number of aromatic hydroxyl groups is 1. The predicted molar refractivity (Wildman–Crippen MR) is 132 cm³/mol. The van der Waals surface area contributed by atoms with E-state index in [4.69, 9.17) is 9.47 Å². The highest BCUT2D eigenvalue weighted by Crippen LogP contribution is 2.30. The standard InChI is InChI=1S/C27H26N2O5/c1-16(17-7-11-21(33-2)12-8-17)28-23(18-9-13-22(34-3)14-10-18)19-5-4-6-20(15-19)29-24-25(30)27(32)26(24)31/h4-16,23,28-30H,1-3H3/t16-,23?/m1/s1. The maximum Gasteiger partial charge on any atom is 0.271 e. The van der Waals surface area contributed by atoms with Crippen LogP contribution in [0.5, 0.6) is 17.2 Å². The van der Waals surface area contributed by atoms with E-state index in [2.05, 4.69) is 17.6 Å². The van der Waals surface area contributed by atoms with Crippen LogP contribution in [-0.2, 0) is 0 Å². The van der Waals surface area contributed by atoms with Gasteiger partial charge in [-0.25, -0.2) is 0 Å². The lowest BCUT2D eigenvalue weighted by atomic mass is 9.96. The molecule has 0 saturated heterocycles. The Morgan fingerprint density at radius 2 is 1.35 bits per heavy atom. The fourth-order valence-electron chi connectivity index (χ4n) is 3.86. The van der Waals surface area contributed by atoms with Gasteiger partial charge in [0.25, 0.3) is 10.9 Å². The van der Waals surface area contributed by atoms with Crippen molar-refractivity contribution in [3.05, 3.63) is 110 Å². The number of ether oxygens (including phenoxy) is 2. The van der Waals surface area contributed by atoms with Gasteiger partial charge >= 0.3 is 0 Å². The molecule has 0 spiro atoms. The van der Waals surface area contributed by atoms with Gasteiger partial charge in [-0.15, -0.1) is 0 Å². The normalized spacial score (nSPS) is 12.8. The summed E-state index contributed by atoms with van der Waals surface area (Å²) in [5, 5.41) is 16.3. The van der Waals surface area contributed by atoms with E-state index in [1.807, 2.05) is 66.7 Å². The third-order valence-corrected chi connectivity index (χ3v) is 5.86. The second-order valence-corrected chi connectivity index (χ2v) is 8.00. The van der Waals surface area contributed by atoms with Crippen LogP contribution < -0.4 is 31.0 Å². The fourth-order valence-corrected chi connectivity index (χ4v) is 3.86. The second-order valence-electron chi connectivity index (χ2n) is 8.00. The van der Waals surface area contributed by atoms with Crippen molar-refractivity contribution in [2.45, 2.75) is 19.0 Å². The highest BCUT2D eigenvalue weighted by molar-refractivity contribution is 5.69. The van der Waals surface area contributed by atoms with E-state index in [9.17, 15) is 14.7 Å².